The van der Waals surface area contributed by atoms with Crippen molar-refractivity contribution in [3.63, 3.8) is 0 Å². The summed E-state index contributed by atoms with van der Waals surface area (Å²) in [5.74, 6) is 0.299. The van der Waals surface area contributed by atoms with Gasteiger partial charge in [0.05, 0.1) is 11.3 Å². The predicted octanol–water partition coefficient (Wildman–Crippen LogP) is 4.94. The molecule has 5 nitrogen and oxygen atoms in total. The minimum absolute atomic E-state index is 0.104. The molecule has 0 aliphatic heterocycles. The van der Waals surface area contributed by atoms with Crippen molar-refractivity contribution in [3.05, 3.63) is 72.3 Å². The number of para-hydroxylation sites is 1. The number of carbonyl (C=O) groups is 2. The van der Waals surface area contributed by atoms with Crippen LogP contribution in [0.15, 0.2) is 66.7 Å². The molecule has 1 fully saturated rings. The second kappa shape index (κ2) is 9.65. The fourth-order valence-corrected chi connectivity index (χ4v) is 4.10. The van der Waals surface area contributed by atoms with E-state index in [-0.39, 0.29) is 24.5 Å². The van der Waals surface area contributed by atoms with E-state index in [9.17, 15) is 9.59 Å². The fourth-order valence-electron chi connectivity index (χ4n) is 4.10. The number of hydrogen-bond acceptors (Lipinski definition) is 3. The van der Waals surface area contributed by atoms with Gasteiger partial charge in [-0.1, -0.05) is 61.7 Å². The van der Waals surface area contributed by atoms with Crippen molar-refractivity contribution < 1.29 is 14.3 Å². The molecule has 5 heteroatoms. The van der Waals surface area contributed by atoms with Crippen LogP contribution in [-0.4, -0.2) is 31.5 Å². The van der Waals surface area contributed by atoms with Crippen molar-refractivity contribution in [2.45, 2.75) is 38.1 Å². The van der Waals surface area contributed by atoms with Crippen LogP contribution in [0, 0.1) is 0 Å². The van der Waals surface area contributed by atoms with Crippen LogP contribution < -0.4 is 15.0 Å². The lowest BCUT2D eigenvalue weighted by atomic mass is 9.95. The predicted molar refractivity (Wildman–Crippen MR) is 124 cm³/mol. The SMILES string of the molecule is CN(C(=O)COc1ccc2ccccc2c1)c1ccccc1C(=O)NC1CCCCC1. The molecular formula is C26H28N2O3. The van der Waals surface area contributed by atoms with E-state index in [4.69, 9.17) is 4.74 Å². The van der Waals surface area contributed by atoms with E-state index in [0.29, 0.717) is 17.0 Å². The fraction of sp³-hybridized carbons (Fsp3) is 0.308. The van der Waals surface area contributed by atoms with Crippen molar-refractivity contribution in [3.8, 4) is 5.75 Å². The molecule has 0 spiro atoms. The lowest BCUT2D eigenvalue weighted by Gasteiger charge is -2.25. The van der Waals surface area contributed by atoms with Gasteiger partial charge in [-0.15, -0.1) is 0 Å². The van der Waals surface area contributed by atoms with Gasteiger partial charge in [0.1, 0.15) is 5.75 Å². The second-order valence-corrected chi connectivity index (χ2v) is 8.08. The summed E-state index contributed by atoms with van der Waals surface area (Å²) >= 11 is 0. The summed E-state index contributed by atoms with van der Waals surface area (Å²) in [4.78, 5) is 27.2. The Balaban J connectivity index is 1.42. The van der Waals surface area contributed by atoms with E-state index in [1.807, 2.05) is 54.6 Å². The minimum atomic E-state index is -0.217. The first-order valence-corrected chi connectivity index (χ1v) is 10.9. The highest BCUT2D eigenvalue weighted by molar-refractivity contribution is 6.05. The van der Waals surface area contributed by atoms with E-state index < -0.39 is 0 Å². The maximum absolute atomic E-state index is 12.9. The first-order valence-electron chi connectivity index (χ1n) is 10.9. The van der Waals surface area contributed by atoms with Crippen LogP contribution >= 0.6 is 0 Å². The van der Waals surface area contributed by atoms with Crippen molar-refractivity contribution in [1.29, 1.82) is 0 Å². The molecular weight excluding hydrogens is 388 g/mol. The average molecular weight is 417 g/mol. The number of benzene rings is 3. The van der Waals surface area contributed by atoms with Crippen LogP contribution in [-0.2, 0) is 4.79 Å². The molecule has 0 saturated heterocycles. The van der Waals surface area contributed by atoms with Gasteiger partial charge in [-0.05, 0) is 47.9 Å². The molecule has 160 valence electrons. The van der Waals surface area contributed by atoms with Gasteiger partial charge in [0.25, 0.3) is 11.8 Å². The molecule has 0 heterocycles. The van der Waals surface area contributed by atoms with Crippen LogP contribution in [0.2, 0.25) is 0 Å². The topological polar surface area (TPSA) is 58.6 Å². The molecule has 3 aromatic rings. The van der Waals surface area contributed by atoms with Gasteiger partial charge in [-0.3, -0.25) is 9.59 Å². The number of fused-ring (bicyclic) bond motifs is 1. The standard InChI is InChI=1S/C26H28N2O3/c1-28(25(29)18-31-22-16-15-19-9-5-6-10-20(19)17-22)24-14-8-7-13-23(24)26(30)27-21-11-3-2-4-12-21/h5-10,13-17,21H,2-4,11-12,18H2,1H3,(H,27,30). The molecule has 0 radical (unpaired) electrons. The van der Waals surface area contributed by atoms with Gasteiger partial charge in [0.2, 0.25) is 0 Å². The zero-order valence-corrected chi connectivity index (χ0v) is 17.8. The van der Waals surface area contributed by atoms with E-state index in [0.717, 1.165) is 36.5 Å². The number of hydrogen-bond donors (Lipinski definition) is 1. The highest BCUT2D eigenvalue weighted by Gasteiger charge is 2.22. The van der Waals surface area contributed by atoms with Gasteiger partial charge >= 0.3 is 0 Å². The van der Waals surface area contributed by atoms with Crippen LogP contribution in [0.3, 0.4) is 0 Å². The summed E-state index contributed by atoms with van der Waals surface area (Å²) < 4.78 is 5.75. The lowest BCUT2D eigenvalue weighted by molar-refractivity contribution is -0.120. The van der Waals surface area contributed by atoms with Gasteiger partial charge in [-0.2, -0.15) is 0 Å². The average Bonchev–Trinajstić information content (AvgIpc) is 2.82. The van der Waals surface area contributed by atoms with Gasteiger partial charge in [0.15, 0.2) is 6.61 Å². The monoisotopic (exact) mass is 416 g/mol. The molecule has 0 aromatic heterocycles. The van der Waals surface area contributed by atoms with E-state index in [1.54, 1.807) is 19.2 Å². The summed E-state index contributed by atoms with van der Waals surface area (Å²) in [6, 6.07) is 21.2. The zero-order chi connectivity index (χ0) is 21.6. The van der Waals surface area contributed by atoms with Crippen molar-refractivity contribution in [2.75, 3.05) is 18.6 Å². The first-order chi connectivity index (χ1) is 15.1. The van der Waals surface area contributed by atoms with Crippen molar-refractivity contribution in [1.82, 2.24) is 5.32 Å². The number of anilines is 1. The normalized spacial score (nSPS) is 14.2. The van der Waals surface area contributed by atoms with E-state index >= 15 is 0 Å². The maximum Gasteiger partial charge on any atom is 0.264 e. The number of likely N-dealkylation sites (N-methyl/N-ethyl adjacent to an activating group) is 1. The summed E-state index contributed by atoms with van der Waals surface area (Å²) in [5.41, 5.74) is 1.09. The van der Waals surface area contributed by atoms with Crippen LogP contribution in [0.5, 0.6) is 5.75 Å². The molecule has 1 N–H and O–H groups in total. The van der Waals surface area contributed by atoms with Crippen LogP contribution in [0.25, 0.3) is 10.8 Å². The summed E-state index contributed by atoms with van der Waals surface area (Å²) in [5, 5.41) is 5.32. The number of carbonyl (C=O) groups excluding carboxylic acids is 2. The van der Waals surface area contributed by atoms with E-state index in [1.165, 1.54) is 11.3 Å². The van der Waals surface area contributed by atoms with Crippen LogP contribution in [0.4, 0.5) is 5.69 Å². The smallest absolute Gasteiger partial charge is 0.264 e. The molecule has 2 amide bonds. The molecule has 3 aromatic carbocycles. The number of rotatable bonds is 6. The summed E-state index contributed by atoms with van der Waals surface area (Å²) in [6.07, 6.45) is 5.57. The number of nitrogens with zero attached hydrogens (tertiary/aromatic N) is 1. The molecule has 0 bridgehead atoms. The minimum Gasteiger partial charge on any atom is -0.484 e. The Labute approximate surface area is 183 Å². The Morgan fingerprint density at radius 2 is 1.65 bits per heavy atom. The Bertz CT molecular complexity index is 1070. The zero-order valence-electron chi connectivity index (χ0n) is 17.8. The third-order valence-electron chi connectivity index (χ3n) is 5.91. The second-order valence-electron chi connectivity index (χ2n) is 8.08. The highest BCUT2D eigenvalue weighted by Crippen LogP contribution is 2.23. The quantitative estimate of drug-likeness (QED) is 0.619. The maximum atomic E-state index is 12.9. The highest BCUT2D eigenvalue weighted by atomic mass is 16.5. The Morgan fingerprint density at radius 1 is 0.935 bits per heavy atom. The Kier molecular flexibility index (Phi) is 6.51. The summed E-state index contributed by atoms with van der Waals surface area (Å²) in [7, 11) is 1.68. The lowest BCUT2D eigenvalue weighted by Crippen LogP contribution is -2.38. The molecule has 31 heavy (non-hydrogen) atoms. The first kappa shape index (κ1) is 20.9. The number of amides is 2. The Hall–Kier alpha value is -3.34. The largest absolute Gasteiger partial charge is 0.484 e. The van der Waals surface area contributed by atoms with Crippen molar-refractivity contribution in [2.24, 2.45) is 0 Å². The molecule has 1 aliphatic carbocycles. The number of nitrogens with one attached hydrogen (secondary N) is 1. The molecule has 0 atom stereocenters. The third-order valence-corrected chi connectivity index (χ3v) is 5.91. The number of ether oxygens (including phenoxy) is 1. The van der Waals surface area contributed by atoms with Gasteiger partial charge < -0.3 is 15.0 Å². The molecule has 4 rings (SSSR count). The molecule has 1 aliphatic rings. The van der Waals surface area contributed by atoms with Gasteiger partial charge in [0, 0.05) is 13.1 Å². The van der Waals surface area contributed by atoms with Crippen LogP contribution in [0.1, 0.15) is 42.5 Å². The van der Waals surface area contributed by atoms with Crippen molar-refractivity contribution >= 4 is 28.3 Å². The van der Waals surface area contributed by atoms with Gasteiger partial charge in [-0.25, -0.2) is 0 Å². The molecule has 1 saturated carbocycles. The third kappa shape index (κ3) is 5.05. The van der Waals surface area contributed by atoms with E-state index in [2.05, 4.69) is 5.32 Å². The molecule has 0 unspecified atom stereocenters. The summed E-state index contributed by atoms with van der Waals surface area (Å²) in [6.45, 7) is -0.104. The Morgan fingerprint density at radius 3 is 2.45 bits per heavy atom.